The fourth-order valence-corrected chi connectivity index (χ4v) is 8.18. The van der Waals surface area contributed by atoms with Crippen LogP contribution in [0.25, 0.3) is 0 Å². The third kappa shape index (κ3) is 45.8. The second-order valence-corrected chi connectivity index (χ2v) is 17.9. The predicted octanol–water partition coefficient (Wildman–Crippen LogP) is 16.8. The van der Waals surface area contributed by atoms with Gasteiger partial charge in [-0.15, -0.1) is 0 Å². The molecule has 2 unspecified atom stereocenters. The molecule has 0 fully saturated rings. The Kier molecular flexibility index (Phi) is 48.3. The number of amides is 1. The molecule has 0 aromatic carbocycles. The first-order valence-corrected chi connectivity index (χ1v) is 26.1. The van der Waals surface area contributed by atoms with E-state index in [-0.39, 0.29) is 12.5 Å². The van der Waals surface area contributed by atoms with Gasteiger partial charge < -0.3 is 15.5 Å². The molecule has 0 aliphatic carbocycles. The summed E-state index contributed by atoms with van der Waals surface area (Å²) in [6.45, 7) is 4.24. The van der Waals surface area contributed by atoms with Gasteiger partial charge in [-0.3, -0.25) is 4.79 Å². The number of nitrogens with one attached hydrogen (secondary N) is 1. The highest BCUT2D eigenvalue weighted by Gasteiger charge is 2.17. The maximum atomic E-state index is 12.3. The van der Waals surface area contributed by atoms with E-state index in [0.717, 1.165) is 32.1 Å². The van der Waals surface area contributed by atoms with Crippen molar-refractivity contribution in [2.24, 2.45) is 0 Å². The number of carbonyl (C=O) groups is 1. The molecule has 3 N–H and O–H groups in total. The number of rotatable bonds is 48. The molecule has 0 aromatic rings. The highest BCUT2D eigenvalue weighted by Crippen LogP contribution is 2.18. The summed E-state index contributed by atoms with van der Waals surface area (Å²) in [4.78, 5) is 12.3. The first-order chi connectivity index (χ1) is 28.2. The van der Waals surface area contributed by atoms with E-state index in [9.17, 15) is 15.0 Å². The van der Waals surface area contributed by atoms with E-state index in [1.54, 1.807) is 6.08 Å². The number of hydrogen-bond acceptors (Lipinski definition) is 3. The van der Waals surface area contributed by atoms with Crippen LogP contribution in [-0.2, 0) is 4.79 Å². The Morgan fingerprint density at radius 3 is 1.00 bits per heavy atom. The van der Waals surface area contributed by atoms with Crippen molar-refractivity contribution in [1.29, 1.82) is 0 Å². The molecule has 338 valence electrons. The van der Waals surface area contributed by atoms with Crippen molar-refractivity contribution >= 4 is 5.91 Å². The number of hydrogen-bond donors (Lipinski definition) is 3. The highest BCUT2D eigenvalue weighted by molar-refractivity contribution is 5.76. The lowest BCUT2D eigenvalue weighted by atomic mass is 10.0. The van der Waals surface area contributed by atoms with Crippen LogP contribution in [0.4, 0.5) is 0 Å². The molecule has 0 radical (unpaired) electrons. The minimum atomic E-state index is -0.856. The van der Waals surface area contributed by atoms with Gasteiger partial charge in [-0.05, 0) is 25.7 Å². The van der Waals surface area contributed by atoms with Crippen molar-refractivity contribution < 1.29 is 15.0 Å². The number of aliphatic hydroxyl groups is 2. The number of unbranched alkanes of at least 4 members (excludes halogenated alkanes) is 39. The maximum absolute atomic E-state index is 12.3. The largest absolute Gasteiger partial charge is 0.394 e. The predicted molar refractivity (Wildman–Crippen MR) is 253 cm³/mol. The van der Waals surface area contributed by atoms with E-state index in [0.29, 0.717) is 6.42 Å². The van der Waals surface area contributed by atoms with Crippen LogP contribution in [0.15, 0.2) is 24.3 Å². The van der Waals surface area contributed by atoms with E-state index in [2.05, 4.69) is 31.3 Å². The standard InChI is InChI=1S/C53H103NO3/c1-3-5-7-9-11-13-14-15-16-17-18-19-20-21-22-23-24-25-26-27-28-29-30-31-32-33-34-35-36-37-38-39-40-41-43-45-47-49-53(57)54-51(50-55)52(56)48-46-44-42-12-10-8-6-4-2/h10,12,46,48,51-52,55-56H,3-9,11,13-45,47,49-50H2,1-2H3,(H,54,57)/b12-10+,48-46+. The quantitative estimate of drug-likeness (QED) is 0.0424. The second kappa shape index (κ2) is 49.2. The molecule has 0 saturated heterocycles. The van der Waals surface area contributed by atoms with Crippen LogP contribution in [0.3, 0.4) is 0 Å². The molecule has 0 saturated carbocycles. The molecule has 1 amide bonds. The van der Waals surface area contributed by atoms with Gasteiger partial charge in [-0.25, -0.2) is 0 Å². The molecule has 0 spiro atoms. The van der Waals surface area contributed by atoms with Crippen molar-refractivity contribution in [2.45, 2.75) is 302 Å². The minimum Gasteiger partial charge on any atom is -0.394 e. The van der Waals surface area contributed by atoms with Crippen LogP contribution in [0.1, 0.15) is 290 Å². The average molecular weight is 802 g/mol. The fraction of sp³-hybridized carbons (Fsp3) is 0.906. The van der Waals surface area contributed by atoms with E-state index in [1.165, 1.54) is 238 Å². The Labute approximate surface area is 358 Å². The molecule has 4 nitrogen and oxygen atoms in total. The molecule has 4 heteroatoms. The zero-order valence-electron chi connectivity index (χ0n) is 38.9. The molecule has 2 atom stereocenters. The van der Waals surface area contributed by atoms with Crippen molar-refractivity contribution in [1.82, 2.24) is 5.32 Å². The fourth-order valence-electron chi connectivity index (χ4n) is 8.18. The molecule has 0 aromatic heterocycles. The van der Waals surface area contributed by atoms with Crippen LogP contribution in [-0.4, -0.2) is 34.9 Å². The van der Waals surface area contributed by atoms with Crippen LogP contribution >= 0.6 is 0 Å². The Bertz CT molecular complexity index is 825. The van der Waals surface area contributed by atoms with Crippen molar-refractivity contribution in [3.63, 3.8) is 0 Å². The lowest BCUT2D eigenvalue weighted by molar-refractivity contribution is -0.123. The van der Waals surface area contributed by atoms with Crippen LogP contribution in [0.2, 0.25) is 0 Å². The molecular formula is C53H103NO3. The third-order valence-corrected chi connectivity index (χ3v) is 12.2. The Morgan fingerprint density at radius 1 is 0.404 bits per heavy atom. The normalized spacial score (nSPS) is 13.0. The van der Waals surface area contributed by atoms with Gasteiger partial charge in [0.1, 0.15) is 0 Å². The molecular weight excluding hydrogens is 699 g/mol. The maximum Gasteiger partial charge on any atom is 0.220 e. The average Bonchev–Trinajstić information content (AvgIpc) is 3.22. The lowest BCUT2D eigenvalue weighted by Gasteiger charge is -2.19. The molecule has 0 heterocycles. The van der Waals surface area contributed by atoms with Gasteiger partial charge in [0.25, 0.3) is 0 Å². The first kappa shape index (κ1) is 55.9. The third-order valence-electron chi connectivity index (χ3n) is 12.2. The number of carbonyl (C=O) groups excluding carboxylic acids is 1. The summed E-state index contributed by atoms with van der Waals surface area (Å²) in [5.41, 5.74) is 0. The smallest absolute Gasteiger partial charge is 0.220 e. The SMILES string of the molecule is CCCC/C=C/CC/C=C/C(O)C(CO)NC(=O)CCCCCCCCCCCCCCCCCCCCCCCCCCCCCCCCCCCCCCC. The summed E-state index contributed by atoms with van der Waals surface area (Å²) in [5, 5.41) is 22.8. The summed E-state index contributed by atoms with van der Waals surface area (Å²) in [6, 6.07) is -0.633. The Morgan fingerprint density at radius 2 is 0.684 bits per heavy atom. The van der Waals surface area contributed by atoms with Crippen LogP contribution in [0, 0.1) is 0 Å². The zero-order valence-corrected chi connectivity index (χ0v) is 38.9. The van der Waals surface area contributed by atoms with Gasteiger partial charge in [0.2, 0.25) is 5.91 Å². The minimum absolute atomic E-state index is 0.0725. The molecule has 57 heavy (non-hydrogen) atoms. The topological polar surface area (TPSA) is 69.6 Å². The van der Waals surface area contributed by atoms with Crippen LogP contribution in [0.5, 0.6) is 0 Å². The van der Waals surface area contributed by atoms with Crippen molar-refractivity contribution in [2.75, 3.05) is 6.61 Å². The Balaban J connectivity index is 3.31. The van der Waals surface area contributed by atoms with E-state index >= 15 is 0 Å². The summed E-state index contributed by atoms with van der Waals surface area (Å²) >= 11 is 0. The molecule has 0 aliphatic rings. The summed E-state index contributed by atoms with van der Waals surface area (Å²) < 4.78 is 0. The van der Waals surface area contributed by atoms with E-state index in [4.69, 9.17) is 0 Å². The van der Waals surface area contributed by atoms with Crippen molar-refractivity contribution in [3.8, 4) is 0 Å². The first-order valence-electron chi connectivity index (χ1n) is 26.1. The Hall–Kier alpha value is -1.13. The van der Waals surface area contributed by atoms with E-state index < -0.39 is 12.1 Å². The second-order valence-electron chi connectivity index (χ2n) is 17.9. The summed E-state index contributed by atoms with van der Waals surface area (Å²) in [6.07, 6.45) is 65.1. The summed E-state index contributed by atoms with van der Waals surface area (Å²) in [5.74, 6) is -0.0725. The lowest BCUT2D eigenvalue weighted by Crippen LogP contribution is -2.45. The number of aliphatic hydroxyl groups excluding tert-OH is 2. The van der Waals surface area contributed by atoms with Gasteiger partial charge in [0, 0.05) is 6.42 Å². The molecule has 0 aliphatic heterocycles. The molecule has 0 bridgehead atoms. The van der Waals surface area contributed by atoms with Gasteiger partial charge in [-0.2, -0.15) is 0 Å². The van der Waals surface area contributed by atoms with Gasteiger partial charge in [0.05, 0.1) is 18.8 Å². The van der Waals surface area contributed by atoms with Gasteiger partial charge in [-0.1, -0.05) is 282 Å². The highest BCUT2D eigenvalue weighted by atomic mass is 16.3. The monoisotopic (exact) mass is 802 g/mol. The van der Waals surface area contributed by atoms with Crippen LogP contribution < -0.4 is 5.32 Å². The zero-order chi connectivity index (χ0) is 41.4. The van der Waals surface area contributed by atoms with Gasteiger partial charge >= 0.3 is 0 Å². The number of allylic oxidation sites excluding steroid dienone is 3. The molecule has 0 rings (SSSR count). The van der Waals surface area contributed by atoms with E-state index in [1.807, 2.05) is 6.08 Å². The van der Waals surface area contributed by atoms with Gasteiger partial charge in [0.15, 0.2) is 0 Å². The van der Waals surface area contributed by atoms with Crippen molar-refractivity contribution in [3.05, 3.63) is 24.3 Å². The summed E-state index contributed by atoms with van der Waals surface area (Å²) in [7, 11) is 0.